The maximum Gasteiger partial charge on any atom is 0.242 e. The average molecular weight is 366 g/mol. The molecule has 1 atom stereocenters. The summed E-state index contributed by atoms with van der Waals surface area (Å²) in [5.41, 5.74) is 1.86. The predicted molar refractivity (Wildman–Crippen MR) is 102 cm³/mol. The summed E-state index contributed by atoms with van der Waals surface area (Å²) >= 11 is 0. The number of amides is 1. The van der Waals surface area contributed by atoms with Crippen LogP contribution in [0.25, 0.3) is 11.0 Å². The lowest BCUT2D eigenvalue weighted by Crippen LogP contribution is -2.33. The van der Waals surface area contributed by atoms with Gasteiger partial charge in [0.25, 0.3) is 0 Å². The minimum absolute atomic E-state index is 0.0670. The fourth-order valence-corrected chi connectivity index (χ4v) is 3.21. The summed E-state index contributed by atoms with van der Waals surface area (Å²) in [4.78, 5) is 29.3. The second kappa shape index (κ2) is 7.22. The van der Waals surface area contributed by atoms with Gasteiger partial charge in [-0.2, -0.15) is 4.98 Å². The third kappa shape index (κ3) is 3.69. The lowest BCUT2D eigenvalue weighted by Gasteiger charge is -2.18. The Morgan fingerprint density at radius 2 is 2.15 bits per heavy atom. The van der Waals surface area contributed by atoms with Crippen molar-refractivity contribution in [2.45, 2.75) is 19.1 Å². The lowest BCUT2D eigenvalue weighted by atomic mass is 10.3. The Hall–Kier alpha value is -3.16. The number of carbonyl (C=O) groups is 1. The molecule has 8 heteroatoms. The Morgan fingerprint density at radius 1 is 1.30 bits per heavy atom. The highest BCUT2D eigenvalue weighted by Crippen LogP contribution is 2.19. The molecule has 1 amide bonds. The standard InChI is InChI=1S/C19H22N6O2/c1-23(2)17-9-20-10-18(22-17)27-14-7-8-24(11-14)19(26)12-25-13-21-15-5-3-4-6-16(15)25/h3-6,9-10,13-14H,7-8,11-12H2,1-2H3/t14-/m0/s1. The SMILES string of the molecule is CN(C)c1cncc(O[C@H]2CCN(C(=O)Cn3cnc4ccccc43)C2)n1. The van der Waals surface area contributed by atoms with Gasteiger partial charge in [0.05, 0.1) is 36.3 Å². The van der Waals surface area contributed by atoms with Gasteiger partial charge in [-0.3, -0.25) is 9.78 Å². The molecule has 3 heterocycles. The van der Waals surface area contributed by atoms with E-state index in [9.17, 15) is 4.79 Å². The molecule has 4 rings (SSSR count). The summed E-state index contributed by atoms with van der Waals surface area (Å²) in [5, 5.41) is 0. The van der Waals surface area contributed by atoms with Gasteiger partial charge in [0, 0.05) is 27.1 Å². The van der Waals surface area contributed by atoms with Gasteiger partial charge >= 0.3 is 0 Å². The van der Waals surface area contributed by atoms with Crippen LogP contribution in [0.5, 0.6) is 5.88 Å². The molecule has 0 radical (unpaired) electrons. The molecule has 27 heavy (non-hydrogen) atoms. The number of imidazole rings is 1. The number of ether oxygens (including phenoxy) is 1. The number of hydrogen-bond acceptors (Lipinski definition) is 6. The molecule has 0 aliphatic carbocycles. The number of para-hydroxylation sites is 2. The van der Waals surface area contributed by atoms with Crippen molar-refractivity contribution in [2.75, 3.05) is 32.1 Å². The van der Waals surface area contributed by atoms with Crippen LogP contribution in [0.4, 0.5) is 5.82 Å². The molecule has 3 aromatic rings. The molecule has 140 valence electrons. The van der Waals surface area contributed by atoms with Crippen molar-refractivity contribution in [3.05, 3.63) is 43.0 Å². The van der Waals surface area contributed by atoms with Gasteiger partial charge in [0.15, 0.2) is 5.82 Å². The van der Waals surface area contributed by atoms with Crippen LogP contribution in [0.3, 0.4) is 0 Å². The highest BCUT2D eigenvalue weighted by atomic mass is 16.5. The van der Waals surface area contributed by atoms with Crippen molar-refractivity contribution in [1.82, 2.24) is 24.4 Å². The molecule has 1 saturated heterocycles. The van der Waals surface area contributed by atoms with Gasteiger partial charge in [0.1, 0.15) is 12.6 Å². The maximum atomic E-state index is 12.7. The molecule has 0 spiro atoms. The largest absolute Gasteiger partial charge is 0.471 e. The monoisotopic (exact) mass is 366 g/mol. The summed E-state index contributed by atoms with van der Waals surface area (Å²) in [6.07, 6.45) is 5.72. The minimum Gasteiger partial charge on any atom is -0.471 e. The van der Waals surface area contributed by atoms with Crippen LogP contribution in [0.2, 0.25) is 0 Å². The van der Waals surface area contributed by atoms with E-state index in [1.165, 1.54) is 0 Å². The Balaban J connectivity index is 1.37. The fourth-order valence-electron chi connectivity index (χ4n) is 3.21. The zero-order chi connectivity index (χ0) is 18.8. The van der Waals surface area contributed by atoms with E-state index >= 15 is 0 Å². The number of rotatable bonds is 5. The first kappa shape index (κ1) is 17.3. The smallest absolute Gasteiger partial charge is 0.242 e. The third-order valence-electron chi connectivity index (χ3n) is 4.68. The molecular weight excluding hydrogens is 344 g/mol. The highest BCUT2D eigenvalue weighted by Gasteiger charge is 2.28. The number of carbonyl (C=O) groups excluding carboxylic acids is 1. The maximum absolute atomic E-state index is 12.7. The number of likely N-dealkylation sites (tertiary alicyclic amines) is 1. The van der Waals surface area contributed by atoms with Crippen molar-refractivity contribution < 1.29 is 9.53 Å². The molecule has 0 saturated carbocycles. The van der Waals surface area contributed by atoms with Crippen LogP contribution in [0.1, 0.15) is 6.42 Å². The van der Waals surface area contributed by atoms with Crippen LogP contribution in [-0.4, -0.2) is 63.6 Å². The van der Waals surface area contributed by atoms with E-state index in [1.807, 2.05) is 52.7 Å². The van der Waals surface area contributed by atoms with Crippen molar-refractivity contribution >= 4 is 22.8 Å². The van der Waals surface area contributed by atoms with Gasteiger partial charge in [-0.1, -0.05) is 12.1 Å². The van der Waals surface area contributed by atoms with Gasteiger partial charge in [-0.15, -0.1) is 0 Å². The number of benzene rings is 1. The van der Waals surface area contributed by atoms with Crippen LogP contribution in [0, 0.1) is 0 Å². The quantitative estimate of drug-likeness (QED) is 0.682. The Bertz CT molecular complexity index is 954. The number of fused-ring (bicyclic) bond motifs is 1. The Morgan fingerprint density at radius 3 is 3.00 bits per heavy atom. The van der Waals surface area contributed by atoms with Crippen molar-refractivity contribution in [3.63, 3.8) is 0 Å². The summed E-state index contributed by atoms with van der Waals surface area (Å²) in [6.45, 7) is 1.51. The van der Waals surface area contributed by atoms with E-state index in [2.05, 4.69) is 15.0 Å². The Kier molecular flexibility index (Phi) is 4.62. The molecule has 8 nitrogen and oxygen atoms in total. The molecule has 0 bridgehead atoms. The molecule has 1 fully saturated rings. The van der Waals surface area contributed by atoms with Crippen LogP contribution >= 0.6 is 0 Å². The van der Waals surface area contributed by atoms with Crippen LogP contribution in [-0.2, 0) is 11.3 Å². The van der Waals surface area contributed by atoms with Crippen LogP contribution < -0.4 is 9.64 Å². The van der Waals surface area contributed by atoms with E-state index in [0.717, 1.165) is 23.3 Å². The van der Waals surface area contributed by atoms with Gasteiger partial charge in [-0.25, -0.2) is 4.98 Å². The summed E-state index contributed by atoms with van der Waals surface area (Å²) in [7, 11) is 3.81. The Labute approximate surface area is 157 Å². The molecule has 1 aliphatic heterocycles. The molecule has 0 unspecified atom stereocenters. The van der Waals surface area contributed by atoms with Crippen molar-refractivity contribution in [3.8, 4) is 5.88 Å². The van der Waals surface area contributed by atoms with E-state index in [0.29, 0.717) is 19.0 Å². The number of anilines is 1. The predicted octanol–water partition coefficient (Wildman–Crippen LogP) is 1.57. The summed E-state index contributed by atoms with van der Waals surface area (Å²) in [5.74, 6) is 1.30. The zero-order valence-corrected chi connectivity index (χ0v) is 15.4. The number of hydrogen-bond donors (Lipinski definition) is 0. The first-order valence-corrected chi connectivity index (χ1v) is 8.94. The van der Waals surface area contributed by atoms with E-state index < -0.39 is 0 Å². The lowest BCUT2D eigenvalue weighted by molar-refractivity contribution is -0.131. The average Bonchev–Trinajstić information content (AvgIpc) is 3.29. The fraction of sp³-hybridized carbons (Fsp3) is 0.368. The van der Waals surface area contributed by atoms with Gasteiger partial charge < -0.3 is 19.1 Å². The zero-order valence-electron chi connectivity index (χ0n) is 15.4. The van der Waals surface area contributed by atoms with Crippen molar-refractivity contribution in [1.29, 1.82) is 0 Å². The van der Waals surface area contributed by atoms with E-state index in [-0.39, 0.29) is 18.6 Å². The van der Waals surface area contributed by atoms with Crippen LogP contribution in [0.15, 0.2) is 43.0 Å². The topological polar surface area (TPSA) is 76.4 Å². The molecule has 0 N–H and O–H groups in total. The highest BCUT2D eigenvalue weighted by molar-refractivity contribution is 5.80. The second-order valence-corrected chi connectivity index (χ2v) is 6.84. The first-order chi connectivity index (χ1) is 13.1. The van der Waals surface area contributed by atoms with E-state index in [1.54, 1.807) is 18.7 Å². The van der Waals surface area contributed by atoms with Gasteiger partial charge in [0.2, 0.25) is 11.8 Å². The molecular formula is C19H22N6O2. The van der Waals surface area contributed by atoms with Gasteiger partial charge in [-0.05, 0) is 12.1 Å². The number of aromatic nitrogens is 4. The molecule has 2 aromatic heterocycles. The molecule has 1 aliphatic rings. The third-order valence-corrected chi connectivity index (χ3v) is 4.68. The second-order valence-electron chi connectivity index (χ2n) is 6.84. The first-order valence-electron chi connectivity index (χ1n) is 8.94. The normalized spacial score (nSPS) is 16.7. The summed E-state index contributed by atoms with van der Waals surface area (Å²) in [6, 6.07) is 7.81. The summed E-state index contributed by atoms with van der Waals surface area (Å²) < 4.78 is 7.83. The van der Waals surface area contributed by atoms with E-state index in [4.69, 9.17) is 4.74 Å². The molecule has 1 aromatic carbocycles. The van der Waals surface area contributed by atoms with Crippen molar-refractivity contribution in [2.24, 2.45) is 0 Å². The minimum atomic E-state index is -0.0693. The number of nitrogens with zero attached hydrogens (tertiary/aromatic N) is 6.